The molecule has 0 saturated carbocycles. The smallest absolute Gasteiger partial charge is 0.261 e. The predicted molar refractivity (Wildman–Crippen MR) is 104 cm³/mol. The predicted octanol–water partition coefficient (Wildman–Crippen LogP) is 1.44. The molecule has 2 aromatic rings. The van der Waals surface area contributed by atoms with Gasteiger partial charge in [-0.2, -0.15) is 0 Å². The van der Waals surface area contributed by atoms with Crippen LogP contribution in [0, 0.1) is 0 Å². The molecule has 2 aliphatic rings. The number of carbonyl (C=O) groups excluding carboxylic acids is 3. The second kappa shape index (κ2) is 7.90. The molecule has 1 fully saturated rings. The summed E-state index contributed by atoms with van der Waals surface area (Å²) < 4.78 is 11.5. The lowest BCUT2D eigenvalue weighted by molar-refractivity contribution is -0.195. The summed E-state index contributed by atoms with van der Waals surface area (Å²) >= 11 is 1.35. The maximum absolute atomic E-state index is 12.6. The van der Waals surface area contributed by atoms with E-state index in [0.717, 1.165) is 0 Å². The van der Waals surface area contributed by atoms with Crippen molar-refractivity contribution in [1.82, 2.24) is 14.9 Å². The van der Waals surface area contributed by atoms with Crippen molar-refractivity contribution >= 4 is 35.7 Å². The van der Waals surface area contributed by atoms with Gasteiger partial charge in [0.15, 0.2) is 11.4 Å². The van der Waals surface area contributed by atoms with Crippen molar-refractivity contribution in [3.63, 3.8) is 0 Å². The van der Waals surface area contributed by atoms with Gasteiger partial charge in [-0.05, 0) is 18.4 Å². The highest BCUT2D eigenvalue weighted by atomic mass is 32.2. The van der Waals surface area contributed by atoms with Gasteiger partial charge in [-0.15, -0.1) is 0 Å². The number of benzene rings is 1. The van der Waals surface area contributed by atoms with Gasteiger partial charge in [0.05, 0.1) is 35.9 Å². The first-order chi connectivity index (χ1) is 14.0. The summed E-state index contributed by atoms with van der Waals surface area (Å²) in [6.45, 7) is 0.217. The Morgan fingerprint density at radius 3 is 2.34 bits per heavy atom. The molecule has 2 aliphatic heterocycles. The maximum Gasteiger partial charge on any atom is 0.261 e. The van der Waals surface area contributed by atoms with Gasteiger partial charge in [-0.25, -0.2) is 9.97 Å². The van der Waals surface area contributed by atoms with Crippen molar-refractivity contribution in [2.45, 2.75) is 17.6 Å². The van der Waals surface area contributed by atoms with Crippen molar-refractivity contribution in [1.29, 1.82) is 0 Å². The van der Waals surface area contributed by atoms with E-state index >= 15 is 0 Å². The Balaban J connectivity index is 1.47. The molecule has 3 heterocycles. The van der Waals surface area contributed by atoms with E-state index in [0.29, 0.717) is 34.0 Å². The van der Waals surface area contributed by atoms with E-state index in [1.54, 1.807) is 36.2 Å². The van der Waals surface area contributed by atoms with E-state index in [1.807, 2.05) is 6.26 Å². The van der Waals surface area contributed by atoms with Gasteiger partial charge in [0.25, 0.3) is 11.8 Å². The number of thioether (sulfide) groups is 1. The molecule has 4 rings (SSSR count). The molecule has 0 radical (unpaired) electrons. The molecular weight excluding hydrogens is 396 g/mol. The fourth-order valence-electron chi connectivity index (χ4n) is 3.33. The summed E-state index contributed by atoms with van der Waals surface area (Å²) in [6, 6.07) is 6.18. The summed E-state index contributed by atoms with van der Waals surface area (Å²) in [7, 11) is 1.69. The van der Waals surface area contributed by atoms with Crippen LogP contribution in [0.2, 0.25) is 0 Å². The Morgan fingerprint density at radius 2 is 1.79 bits per heavy atom. The van der Waals surface area contributed by atoms with Crippen LogP contribution >= 0.6 is 11.8 Å². The molecule has 9 nitrogen and oxygen atoms in total. The van der Waals surface area contributed by atoms with Crippen LogP contribution in [0.4, 0.5) is 5.82 Å². The summed E-state index contributed by atoms with van der Waals surface area (Å²) in [5.74, 6) is -0.319. The van der Waals surface area contributed by atoms with Gasteiger partial charge < -0.3 is 14.4 Å². The van der Waals surface area contributed by atoms with E-state index in [2.05, 4.69) is 9.97 Å². The van der Waals surface area contributed by atoms with Crippen molar-refractivity contribution in [2.24, 2.45) is 0 Å². The number of nitrogens with zero attached hydrogens (tertiary/aromatic N) is 4. The number of carbonyl (C=O) groups is 3. The van der Waals surface area contributed by atoms with Crippen LogP contribution in [0.25, 0.3) is 0 Å². The van der Waals surface area contributed by atoms with Crippen LogP contribution in [-0.4, -0.2) is 71.9 Å². The first-order valence-corrected chi connectivity index (χ1v) is 10.1. The topological polar surface area (TPSA) is 102 Å². The average Bonchev–Trinajstić information content (AvgIpc) is 3.03. The van der Waals surface area contributed by atoms with Gasteiger partial charge in [0.1, 0.15) is 5.82 Å². The fourth-order valence-corrected chi connectivity index (χ4v) is 3.66. The van der Waals surface area contributed by atoms with Crippen LogP contribution in [0.1, 0.15) is 31.1 Å². The number of amides is 2. The van der Waals surface area contributed by atoms with E-state index in [9.17, 15) is 14.4 Å². The quantitative estimate of drug-likeness (QED) is 0.311. The molecule has 0 atom stereocenters. The third kappa shape index (κ3) is 3.39. The van der Waals surface area contributed by atoms with E-state index in [1.165, 1.54) is 22.9 Å². The Hall–Kier alpha value is -2.82. The van der Waals surface area contributed by atoms with Gasteiger partial charge >= 0.3 is 0 Å². The Bertz CT molecular complexity index is 942. The van der Waals surface area contributed by atoms with E-state index < -0.39 is 12.5 Å². The highest BCUT2D eigenvalue weighted by molar-refractivity contribution is 7.98. The lowest BCUT2D eigenvalue weighted by Gasteiger charge is -2.37. The van der Waals surface area contributed by atoms with Crippen LogP contribution < -0.4 is 4.90 Å². The van der Waals surface area contributed by atoms with Gasteiger partial charge in [-0.3, -0.25) is 19.3 Å². The van der Waals surface area contributed by atoms with Crippen LogP contribution in [-0.2, 0) is 9.47 Å². The zero-order chi connectivity index (χ0) is 20.5. The lowest BCUT2D eigenvalue weighted by Crippen LogP contribution is -2.53. The van der Waals surface area contributed by atoms with Crippen LogP contribution in [0.5, 0.6) is 0 Å². The molecule has 150 valence electrons. The molecule has 1 saturated heterocycles. The van der Waals surface area contributed by atoms with Crippen molar-refractivity contribution in [3.8, 4) is 0 Å². The second-order valence-corrected chi connectivity index (χ2v) is 7.29. The number of ether oxygens (including phenoxy) is 2. The highest BCUT2D eigenvalue weighted by Gasteiger charge is 2.42. The first-order valence-electron chi connectivity index (χ1n) is 8.84. The van der Waals surface area contributed by atoms with Crippen LogP contribution in [0.3, 0.4) is 0 Å². The zero-order valence-corrected chi connectivity index (χ0v) is 16.6. The summed E-state index contributed by atoms with van der Waals surface area (Å²) in [5, 5.41) is 0.511. The minimum atomic E-state index is -0.815. The molecule has 1 aromatic carbocycles. The molecule has 29 heavy (non-hydrogen) atoms. The number of hydrogen-bond acceptors (Lipinski definition) is 9. The van der Waals surface area contributed by atoms with Gasteiger partial charge in [0, 0.05) is 13.2 Å². The number of anilines is 1. The minimum Gasteiger partial charge on any atom is -0.333 e. The summed E-state index contributed by atoms with van der Waals surface area (Å²) in [6.07, 6.45) is 3.13. The lowest BCUT2D eigenvalue weighted by atomic mass is 10.1. The molecule has 0 bridgehead atoms. The third-order valence-corrected chi connectivity index (χ3v) is 5.35. The standard InChI is InChI=1S/C19H18N4O5S/c1-22(15-11(8-24)7-20-18(21-15)29-2)19-27-9-12(10-28-19)23-16(25)13-5-3-4-6-14(13)17(23)26/h3-8,12,19H,9-10H2,1-2H3. The highest BCUT2D eigenvalue weighted by Crippen LogP contribution is 2.28. The average molecular weight is 414 g/mol. The fraction of sp³-hybridized carbons (Fsp3) is 0.316. The SMILES string of the molecule is CSc1ncc(C=O)c(N(C)C2OCC(N3C(=O)c4ccccc4C3=O)CO2)n1. The molecule has 2 amide bonds. The maximum atomic E-state index is 12.6. The number of aromatic nitrogens is 2. The molecule has 0 unspecified atom stereocenters. The summed E-state index contributed by atoms with van der Waals surface area (Å²) in [4.78, 5) is 47.8. The largest absolute Gasteiger partial charge is 0.333 e. The summed E-state index contributed by atoms with van der Waals surface area (Å²) in [5.41, 5.74) is 1.08. The third-order valence-electron chi connectivity index (χ3n) is 4.79. The first kappa shape index (κ1) is 19.5. The number of aldehydes is 1. The number of hydrogen-bond donors (Lipinski definition) is 0. The molecule has 1 aromatic heterocycles. The molecular formula is C19H18N4O5S. The van der Waals surface area contributed by atoms with E-state index in [4.69, 9.17) is 9.47 Å². The molecule has 0 spiro atoms. The van der Waals surface area contributed by atoms with Crippen molar-refractivity contribution in [2.75, 3.05) is 31.4 Å². The Kier molecular flexibility index (Phi) is 5.31. The van der Waals surface area contributed by atoms with Gasteiger partial charge in [0.2, 0.25) is 6.41 Å². The molecule has 10 heteroatoms. The van der Waals surface area contributed by atoms with Crippen molar-refractivity contribution in [3.05, 3.63) is 47.2 Å². The normalized spacial score (nSPS) is 21.2. The number of fused-ring (bicyclic) bond motifs is 1. The van der Waals surface area contributed by atoms with Crippen LogP contribution in [0.15, 0.2) is 35.6 Å². The second-order valence-electron chi connectivity index (χ2n) is 6.52. The molecule has 0 N–H and O–H groups in total. The Labute approximate surface area is 171 Å². The molecule has 0 aliphatic carbocycles. The number of rotatable bonds is 5. The van der Waals surface area contributed by atoms with Crippen molar-refractivity contribution < 1.29 is 23.9 Å². The zero-order valence-electron chi connectivity index (χ0n) is 15.8. The van der Waals surface area contributed by atoms with Gasteiger partial charge in [-0.1, -0.05) is 23.9 Å². The minimum absolute atomic E-state index is 0.108. The number of imide groups is 1. The monoisotopic (exact) mass is 414 g/mol. The Morgan fingerprint density at radius 1 is 1.17 bits per heavy atom. The van der Waals surface area contributed by atoms with E-state index in [-0.39, 0.29) is 25.0 Å².